The number of hydrogen-bond acceptors (Lipinski definition) is 6. The van der Waals surface area contributed by atoms with Gasteiger partial charge in [-0.25, -0.2) is 21.9 Å². The highest BCUT2D eigenvalue weighted by molar-refractivity contribution is 7.90. The number of aryl methyl sites for hydroxylation is 1. The summed E-state index contributed by atoms with van der Waals surface area (Å²) < 4.78 is 60.1. The van der Waals surface area contributed by atoms with Crippen LogP contribution in [0.5, 0.6) is 5.75 Å². The molecule has 3 aromatic rings. The van der Waals surface area contributed by atoms with E-state index in [9.17, 15) is 26.8 Å². The summed E-state index contributed by atoms with van der Waals surface area (Å²) >= 11 is 0. The van der Waals surface area contributed by atoms with Crippen LogP contribution in [0.25, 0.3) is 22.2 Å². The fraction of sp³-hybridized carbons (Fsp3) is 0.568. The summed E-state index contributed by atoms with van der Waals surface area (Å²) in [6.07, 6.45) is 4.21. The van der Waals surface area contributed by atoms with Gasteiger partial charge in [-0.3, -0.25) is 9.59 Å². The standard InChI is InChI=1S/C37H48F2N4O5S/c1-23-17-28(48-5)14-16-29(23)34-33(24-9-7-6-8-10-24)30-15-11-25(35(44)40-49(46,47)21-32(38)39)18-31(30)42(34)22-37(2,3)36(45)43-26-12-13-27(43)20-41(4)19-26/h11,14-18,24,26-27,32H,6-10,12-13,19-22H2,1-5H3,(H,40,44). The lowest BCUT2D eigenvalue weighted by atomic mass is 9.81. The van der Waals surface area contributed by atoms with E-state index in [1.807, 2.05) is 49.8 Å². The number of rotatable bonds is 10. The Hall–Kier alpha value is -3.51. The molecule has 1 N–H and O–H groups in total. The second-order valence-corrected chi connectivity index (χ2v) is 16.7. The molecular weight excluding hydrogens is 650 g/mol. The Morgan fingerprint density at radius 2 is 1.67 bits per heavy atom. The first-order valence-corrected chi connectivity index (χ1v) is 19.0. The number of ether oxygens (including phenoxy) is 1. The first-order chi connectivity index (χ1) is 23.2. The number of piperazine rings is 1. The predicted octanol–water partition coefficient (Wildman–Crippen LogP) is 6.33. The van der Waals surface area contributed by atoms with Gasteiger partial charge in [-0.15, -0.1) is 0 Å². The van der Waals surface area contributed by atoms with Gasteiger partial charge in [-0.2, -0.15) is 0 Å². The number of alkyl halides is 2. The summed E-state index contributed by atoms with van der Waals surface area (Å²) in [7, 11) is -0.814. The summed E-state index contributed by atoms with van der Waals surface area (Å²) in [6.45, 7) is 8.01. The van der Waals surface area contributed by atoms with Gasteiger partial charge in [0.1, 0.15) is 11.5 Å². The van der Waals surface area contributed by atoms with Crippen molar-refractivity contribution in [3.05, 3.63) is 53.1 Å². The number of carbonyl (C=O) groups excluding carboxylic acids is 2. The number of benzene rings is 2. The number of aromatic nitrogens is 1. The average molecular weight is 699 g/mol. The van der Waals surface area contributed by atoms with E-state index in [1.54, 1.807) is 19.2 Å². The number of halogens is 2. The van der Waals surface area contributed by atoms with Crippen molar-refractivity contribution in [1.82, 2.24) is 19.1 Å². The summed E-state index contributed by atoms with van der Waals surface area (Å²) in [6, 6.07) is 11.4. The number of carbonyl (C=O) groups is 2. The maximum Gasteiger partial charge on any atom is 0.264 e. The first-order valence-electron chi connectivity index (χ1n) is 17.3. The Balaban J connectivity index is 1.52. The minimum atomic E-state index is -4.55. The molecule has 2 bridgehead atoms. The van der Waals surface area contributed by atoms with E-state index in [2.05, 4.69) is 21.4 Å². The first kappa shape index (κ1) is 35.3. The number of likely N-dealkylation sites (tertiary alicyclic amines) is 1. The van der Waals surface area contributed by atoms with Gasteiger partial charge >= 0.3 is 0 Å². The van der Waals surface area contributed by atoms with Crippen LogP contribution in [0.4, 0.5) is 8.78 Å². The molecule has 266 valence electrons. The smallest absolute Gasteiger partial charge is 0.264 e. The summed E-state index contributed by atoms with van der Waals surface area (Å²) in [5, 5.41) is 0.937. The van der Waals surface area contributed by atoms with E-state index in [-0.39, 0.29) is 29.5 Å². The fourth-order valence-corrected chi connectivity index (χ4v) is 9.29. The molecule has 12 heteroatoms. The number of nitrogens with one attached hydrogen (secondary N) is 1. The predicted molar refractivity (Wildman–Crippen MR) is 187 cm³/mol. The van der Waals surface area contributed by atoms with Gasteiger partial charge in [-0.1, -0.05) is 25.3 Å². The number of likely N-dealkylation sites (N-methyl/N-ethyl adjacent to an activating group) is 1. The third kappa shape index (κ3) is 7.08. The lowest BCUT2D eigenvalue weighted by Crippen LogP contribution is -2.58. The monoisotopic (exact) mass is 698 g/mol. The summed E-state index contributed by atoms with van der Waals surface area (Å²) in [5.41, 5.74) is 4.03. The summed E-state index contributed by atoms with van der Waals surface area (Å²) in [5.74, 6) is -1.37. The molecule has 3 fully saturated rings. The molecular formula is C37H48F2N4O5S. The Kier molecular flexibility index (Phi) is 9.85. The molecule has 2 atom stereocenters. The zero-order chi connectivity index (χ0) is 35.2. The van der Waals surface area contributed by atoms with Crippen LogP contribution in [0.1, 0.15) is 86.2 Å². The highest BCUT2D eigenvalue weighted by Gasteiger charge is 2.46. The fourth-order valence-electron chi connectivity index (χ4n) is 8.47. The van der Waals surface area contributed by atoms with Gasteiger partial charge < -0.3 is 19.1 Å². The zero-order valence-electron chi connectivity index (χ0n) is 29.1. The van der Waals surface area contributed by atoms with Gasteiger partial charge in [0, 0.05) is 53.7 Å². The molecule has 6 rings (SSSR count). The molecule has 0 radical (unpaired) electrons. The second kappa shape index (κ2) is 13.7. The van der Waals surface area contributed by atoms with Crippen molar-refractivity contribution >= 4 is 32.7 Å². The minimum absolute atomic E-state index is 0.0403. The Morgan fingerprint density at radius 1 is 1.00 bits per heavy atom. The summed E-state index contributed by atoms with van der Waals surface area (Å²) in [4.78, 5) is 32.2. The molecule has 3 heterocycles. The zero-order valence-corrected chi connectivity index (χ0v) is 29.9. The molecule has 1 aliphatic carbocycles. The Morgan fingerprint density at radius 3 is 2.29 bits per heavy atom. The molecule has 2 aromatic carbocycles. The van der Waals surface area contributed by atoms with Crippen molar-refractivity contribution in [2.75, 3.05) is 33.0 Å². The number of sulfonamides is 1. The van der Waals surface area contributed by atoms with Crippen molar-refractivity contribution in [1.29, 1.82) is 0 Å². The molecule has 0 spiro atoms. The largest absolute Gasteiger partial charge is 0.497 e. The number of methoxy groups -OCH3 is 1. The van der Waals surface area contributed by atoms with Crippen molar-refractivity contribution < 1.29 is 31.5 Å². The SMILES string of the molecule is COc1ccc(-c2c(C3CCCCC3)c3ccc(C(=O)NS(=O)(=O)CC(F)F)cc3n2CC(C)(C)C(=O)N2C3CCC2CN(C)C3)c(C)c1. The Bertz CT molecular complexity index is 1840. The van der Waals surface area contributed by atoms with Crippen molar-refractivity contribution in [3.8, 4) is 17.0 Å². The van der Waals surface area contributed by atoms with Gasteiger partial charge in [0.25, 0.3) is 12.3 Å². The normalized spacial score (nSPS) is 20.7. The van der Waals surface area contributed by atoms with Crippen LogP contribution < -0.4 is 9.46 Å². The van der Waals surface area contributed by atoms with E-state index in [1.165, 1.54) is 6.42 Å². The van der Waals surface area contributed by atoms with Crippen LogP contribution in [-0.4, -0.2) is 86.1 Å². The Labute approximate surface area is 288 Å². The molecule has 9 nitrogen and oxygen atoms in total. The van der Waals surface area contributed by atoms with Crippen molar-refractivity contribution in [3.63, 3.8) is 0 Å². The van der Waals surface area contributed by atoms with Gasteiger partial charge in [0.05, 0.1) is 18.2 Å². The lowest BCUT2D eigenvalue weighted by molar-refractivity contribution is -0.146. The maximum atomic E-state index is 14.5. The number of fused-ring (bicyclic) bond motifs is 3. The van der Waals surface area contributed by atoms with Gasteiger partial charge in [0.15, 0.2) is 0 Å². The molecule has 3 aliphatic rings. The lowest BCUT2D eigenvalue weighted by Gasteiger charge is -2.43. The topological polar surface area (TPSA) is 101 Å². The van der Waals surface area contributed by atoms with Crippen LogP contribution in [0.2, 0.25) is 0 Å². The van der Waals surface area contributed by atoms with Crippen molar-refractivity contribution in [2.24, 2.45) is 5.41 Å². The highest BCUT2D eigenvalue weighted by atomic mass is 32.2. The van der Waals surface area contributed by atoms with E-state index in [0.29, 0.717) is 12.1 Å². The number of hydrogen-bond donors (Lipinski definition) is 1. The minimum Gasteiger partial charge on any atom is -0.497 e. The van der Waals surface area contributed by atoms with Gasteiger partial charge in [-0.05, 0) is 101 Å². The van der Waals surface area contributed by atoms with Crippen LogP contribution in [0, 0.1) is 12.3 Å². The second-order valence-electron chi connectivity index (χ2n) is 14.9. The molecule has 1 saturated carbocycles. The third-order valence-electron chi connectivity index (χ3n) is 10.7. The number of amides is 2. The highest BCUT2D eigenvalue weighted by Crippen LogP contribution is 2.47. The van der Waals surface area contributed by atoms with Crippen LogP contribution in [0.15, 0.2) is 36.4 Å². The van der Waals surface area contributed by atoms with E-state index in [0.717, 1.165) is 85.1 Å². The molecule has 1 aromatic heterocycles. The van der Waals surface area contributed by atoms with Crippen LogP contribution in [-0.2, 0) is 21.4 Å². The average Bonchev–Trinajstić information content (AvgIpc) is 3.49. The van der Waals surface area contributed by atoms with E-state index >= 15 is 0 Å². The molecule has 2 aliphatic heterocycles. The molecule has 49 heavy (non-hydrogen) atoms. The molecule has 2 saturated heterocycles. The third-order valence-corrected chi connectivity index (χ3v) is 11.9. The maximum absolute atomic E-state index is 14.5. The molecule has 2 unspecified atom stereocenters. The van der Waals surface area contributed by atoms with Crippen molar-refractivity contribution in [2.45, 2.75) is 96.7 Å². The van der Waals surface area contributed by atoms with Crippen LogP contribution >= 0.6 is 0 Å². The number of nitrogens with zero attached hydrogens (tertiary/aromatic N) is 3. The van der Waals surface area contributed by atoms with Gasteiger partial charge in [0.2, 0.25) is 15.9 Å². The van der Waals surface area contributed by atoms with E-state index < -0.39 is 33.5 Å². The van der Waals surface area contributed by atoms with Crippen LogP contribution in [0.3, 0.4) is 0 Å². The van der Waals surface area contributed by atoms with E-state index in [4.69, 9.17) is 4.74 Å². The molecule has 2 amide bonds. The quantitative estimate of drug-likeness (QED) is 0.266.